The number of carboxylic acid groups (broad SMARTS) is 1. The number of anilines is 2. The van der Waals surface area contributed by atoms with Crippen molar-refractivity contribution in [1.29, 1.82) is 0 Å². The highest BCUT2D eigenvalue weighted by molar-refractivity contribution is 6.04. The first kappa shape index (κ1) is 23.5. The topological polar surface area (TPSA) is 117 Å². The first-order valence-corrected chi connectivity index (χ1v) is 10.3. The lowest BCUT2D eigenvalue weighted by Crippen LogP contribution is -2.55. The molecule has 1 aliphatic heterocycles. The minimum absolute atomic E-state index is 0.0741. The summed E-state index contributed by atoms with van der Waals surface area (Å²) in [6, 6.07) is 1.59. The van der Waals surface area contributed by atoms with Crippen LogP contribution in [0.5, 0.6) is 0 Å². The van der Waals surface area contributed by atoms with Gasteiger partial charge in [0.1, 0.15) is 11.5 Å². The minimum atomic E-state index is -4.06. The molecule has 4 heterocycles. The smallest absolute Gasteiger partial charge is 0.399 e. The average molecular weight is 483 g/mol. The highest BCUT2D eigenvalue weighted by Crippen LogP contribution is 2.26. The highest BCUT2D eigenvalue weighted by Gasteiger charge is 2.41. The zero-order chi connectivity index (χ0) is 24.6. The number of carbonyl (C=O) groups is 2. The van der Waals surface area contributed by atoms with Crippen molar-refractivity contribution in [2.75, 3.05) is 23.3 Å². The number of aliphatic carboxylic acids is 1. The second-order valence-corrected chi connectivity index (χ2v) is 7.91. The van der Waals surface area contributed by atoms with Crippen LogP contribution >= 0.6 is 0 Å². The normalized spacial score (nSPS) is 16.9. The Labute approximate surface area is 190 Å². The van der Waals surface area contributed by atoms with Crippen molar-refractivity contribution in [3.8, 4) is 0 Å². The molecule has 1 fully saturated rings. The molecule has 4 rings (SSSR count). The van der Waals surface area contributed by atoms with Gasteiger partial charge in [-0.25, -0.2) is 23.4 Å². The first-order valence-electron chi connectivity index (χ1n) is 10.3. The van der Waals surface area contributed by atoms with Gasteiger partial charge in [0.25, 0.3) is 12.3 Å². The molecule has 10 nitrogen and oxygen atoms in total. The maximum atomic E-state index is 13.6. The van der Waals surface area contributed by atoms with E-state index in [0.717, 1.165) is 0 Å². The minimum Gasteiger partial charge on any atom is -0.476 e. The molecule has 0 unspecified atom stereocenters. The van der Waals surface area contributed by atoms with Crippen LogP contribution in [0.1, 0.15) is 35.4 Å². The molecule has 0 radical (unpaired) electrons. The van der Waals surface area contributed by atoms with E-state index in [1.54, 1.807) is 23.1 Å². The molecule has 0 bridgehead atoms. The quantitative estimate of drug-likeness (QED) is 0.349. The van der Waals surface area contributed by atoms with Gasteiger partial charge in [-0.05, 0) is 37.1 Å². The summed E-state index contributed by atoms with van der Waals surface area (Å²) >= 11 is 0. The van der Waals surface area contributed by atoms with Gasteiger partial charge >= 0.3 is 12.0 Å². The lowest BCUT2D eigenvalue weighted by Gasteiger charge is -2.35. The number of piperidine rings is 1. The van der Waals surface area contributed by atoms with Crippen molar-refractivity contribution >= 4 is 28.9 Å². The molecule has 0 spiro atoms. The second kappa shape index (κ2) is 8.93. The molecular weight excluding hydrogens is 462 g/mol. The molecule has 0 saturated carbocycles. The van der Waals surface area contributed by atoms with Crippen LogP contribution in [0.3, 0.4) is 0 Å². The Kier molecular flexibility index (Phi) is 6.17. The van der Waals surface area contributed by atoms with Gasteiger partial charge in [0.15, 0.2) is 5.69 Å². The molecule has 34 heavy (non-hydrogen) atoms. The van der Waals surface area contributed by atoms with Gasteiger partial charge in [0, 0.05) is 32.4 Å². The molecule has 1 atom stereocenters. The highest BCUT2D eigenvalue weighted by atomic mass is 19.3. The second-order valence-electron chi connectivity index (χ2n) is 7.91. The van der Waals surface area contributed by atoms with Gasteiger partial charge in [-0.1, -0.05) is 0 Å². The monoisotopic (exact) mass is 483 g/mol. The predicted octanol–water partition coefficient (Wildman–Crippen LogP) is 2.49. The van der Waals surface area contributed by atoms with E-state index in [1.165, 1.54) is 28.5 Å². The molecule has 3 aromatic rings. The Morgan fingerprint density at radius 3 is 2.65 bits per heavy atom. The zero-order valence-electron chi connectivity index (χ0n) is 17.9. The number of hydrogen-bond acceptors (Lipinski definition) is 6. The van der Waals surface area contributed by atoms with Crippen LogP contribution in [0.2, 0.25) is 0 Å². The molecule has 1 aliphatic rings. The van der Waals surface area contributed by atoms with Crippen LogP contribution < -0.4 is 15.5 Å². The van der Waals surface area contributed by atoms with Crippen molar-refractivity contribution in [1.82, 2.24) is 24.7 Å². The summed E-state index contributed by atoms with van der Waals surface area (Å²) in [4.78, 5) is 25.3. The lowest BCUT2D eigenvalue weighted by atomic mass is 10.1. The third kappa shape index (κ3) is 4.66. The first-order chi connectivity index (χ1) is 16.0. The van der Waals surface area contributed by atoms with E-state index in [1.807, 2.05) is 5.32 Å². The number of rotatable bonds is 7. The van der Waals surface area contributed by atoms with E-state index >= 15 is 0 Å². The Hall–Kier alpha value is -3.68. The van der Waals surface area contributed by atoms with Crippen molar-refractivity contribution in [2.45, 2.75) is 31.4 Å². The SMILES string of the molecule is Cn1cc(NC(=O)c2ccc3ccc(N4CCC[C@@H](NC(F)(F)C(=O)O)C4)nn23)c(C(F)F)n1. The van der Waals surface area contributed by atoms with Crippen LogP contribution in [0.4, 0.5) is 29.1 Å². The van der Waals surface area contributed by atoms with E-state index in [9.17, 15) is 27.2 Å². The summed E-state index contributed by atoms with van der Waals surface area (Å²) in [7, 11) is 1.45. The molecule has 0 aliphatic carbocycles. The fourth-order valence-corrected chi connectivity index (χ4v) is 3.89. The van der Waals surface area contributed by atoms with Crippen molar-refractivity contribution in [3.05, 3.63) is 41.9 Å². The third-order valence-electron chi connectivity index (χ3n) is 5.43. The molecule has 182 valence electrons. The number of aryl methyl sites for hydroxylation is 1. The summed E-state index contributed by atoms with van der Waals surface area (Å²) in [6.07, 6.45) is -0.735. The largest absolute Gasteiger partial charge is 0.476 e. The summed E-state index contributed by atoms with van der Waals surface area (Å²) in [5, 5.41) is 21.0. The van der Waals surface area contributed by atoms with Crippen LogP contribution in [0, 0.1) is 0 Å². The van der Waals surface area contributed by atoms with Gasteiger partial charge < -0.3 is 15.3 Å². The summed E-state index contributed by atoms with van der Waals surface area (Å²) in [5.74, 6) is -2.55. The predicted molar refractivity (Wildman–Crippen MR) is 112 cm³/mol. The third-order valence-corrected chi connectivity index (χ3v) is 5.43. The number of carboxylic acids is 1. The number of alkyl halides is 4. The maximum absolute atomic E-state index is 13.6. The summed E-state index contributed by atoms with van der Waals surface area (Å²) in [5.41, 5.74) is -0.0587. The zero-order valence-corrected chi connectivity index (χ0v) is 17.9. The van der Waals surface area contributed by atoms with Crippen LogP contribution in [-0.2, 0) is 11.8 Å². The number of halogens is 4. The average Bonchev–Trinajstić information content (AvgIpc) is 3.36. The van der Waals surface area contributed by atoms with Crippen LogP contribution in [0.15, 0.2) is 30.5 Å². The maximum Gasteiger partial charge on any atom is 0.399 e. The van der Waals surface area contributed by atoms with Crippen molar-refractivity contribution < 1.29 is 32.3 Å². The van der Waals surface area contributed by atoms with Gasteiger partial charge in [0.2, 0.25) is 0 Å². The molecule has 0 aromatic carbocycles. The van der Waals surface area contributed by atoms with Crippen molar-refractivity contribution in [3.63, 3.8) is 0 Å². The van der Waals surface area contributed by atoms with Gasteiger partial charge in [-0.15, -0.1) is 5.10 Å². The van der Waals surface area contributed by atoms with Gasteiger partial charge in [-0.2, -0.15) is 13.9 Å². The number of aromatic nitrogens is 4. The van der Waals surface area contributed by atoms with Gasteiger partial charge in [-0.3, -0.25) is 9.48 Å². The standard InChI is InChI=1S/C20H21F4N7O3/c1-29-10-13(16(28-29)17(21)22)25-18(32)14-6-4-12-5-7-15(27-31(12)14)30-8-2-3-11(9-30)26-20(23,24)19(33)34/h4-7,10-11,17,26H,2-3,8-9H2,1H3,(H,25,32)(H,33,34)/t11-/m1/s1. The number of amides is 1. The molecule has 1 amide bonds. The van der Waals surface area contributed by atoms with E-state index in [4.69, 9.17) is 5.11 Å². The number of hydrogen-bond donors (Lipinski definition) is 3. The van der Waals surface area contributed by atoms with Gasteiger partial charge in [0.05, 0.1) is 11.2 Å². The number of carbonyl (C=O) groups excluding carboxylic acids is 1. The molecule has 3 aromatic heterocycles. The fourth-order valence-electron chi connectivity index (χ4n) is 3.89. The molecule has 3 N–H and O–H groups in total. The summed E-state index contributed by atoms with van der Waals surface area (Å²) in [6.45, 7) is 0.573. The Morgan fingerprint density at radius 1 is 1.21 bits per heavy atom. The molecule has 1 saturated heterocycles. The molecule has 14 heteroatoms. The fraction of sp³-hybridized carbons (Fsp3) is 0.400. The van der Waals surface area contributed by atoms with Crippen LogP contribution in [0.25, 0.3) is 5.52 Å². The van der Waals surface area contributed by atoms with E-state index in [0.29, 0.717) is 30.7 Å². The number of fused-ring (bicyclic) bond motifs is 1. The Morgan fingerprint density at radius 2 is 1.94 bits per heavy atom. The lowest BCUT2D eigenvalue weighted by molar-refractivity contribution is -0.171. The van der Waals surface area contributed by atoms with E-state index < -0.39 is 36.1 Å². The Balaban J connectivity index is 1.56. The Bertz CT molecular complexity index is 1230. The number of nitrogens with zero attached hydrogens (tertiary/aromatic N) is 5. The van der Waals surface area contributed by atoms with Crippen molar-refractivity contribution in [2.24, 2.45) is 7.05 Å². The summed E-state index contributed by atoms with van der Waals surface area (Å²) < 4.78 is 56.0. The van der Waals surface area contributed by atoms with E-state index in [-0.39, 0.29) is 17.9 Å². The number of nitrogens with one attached hydrogen (secondary N) is 2. The van der Waals surface area contributed by atoms with Crippen LogP contribution in [-0.4, -0.2) is 61.6 Å². The van der Waals surface area contributed by atoms with E-state index in [2.05, 4.69) is 15.5 Å². The molecular formula is C20H21F4N7O3.